The summed E-state index contributed by atoms with van der Waals surface area (Å²) in [4.78, 5) is 11.1. The zero-order valence-electron chi connectivity index (χ0n) is 10.4. The lowest BCUT2D eigenvalue weighted by atomic mass is 10.2. The van der Waals surface area contributed by atoms with Crippen LogP contribution in [0.25, 0.3) is 5.57 Å². The van der Waals surface area contributed by atoms with Gasteiger partial charge in [0.15, 0.2) is 5.82 Å². The van der Waals surface area contributed by atoms with Crippen molar-refractivity contribution in [3.63, 3.8) is 0 Å². The van der Waals surface area contributed by atoms with Gasteiger partial charge in [-0.2, -0.15) is 13.2 Å². The molecule has 102 valence electrons. The van der Waals surface area contributed by atoms with Crippen molar-refractivity contribution < 1.29 is 17.9 Å². The monoisotopic (exact) mass is 271 g/mol. The molecule has 0 atom stereocenters. The van der Waals surface area contributed by atoms with Gasteiger partial charge in [0.1, 0.15) is 0 Å². The second kappa shape index (κ2) is 6.12. The van der Waals surface area contributed by atoms with Crippen LogP contribution in [0.5, 0.6) is 0 Å². The summed E-state index contributed by atoms with van der Waals surface area (Å²) >= 11 is 0. The summed E-state index contributed by atoms with van der Waals surface area (Å²) in [5.74, 6) is 0.402. The molecule has 1 aromatic heterocycles. The second-order valence-corrected chi connectivity index (χ2v) is 3.36. The molecule has 1 rings (SSSR count). The van der Waals surface area contributed by atoms with Crippen LogP contribution in [0.4, 0.5) is 13.2 Å². The van der Waals surface area contributed by atoms with Gasteiger partial charge in [-0.1, -0.05) is 12.7 Å². The highest BCUT2D eigenvalue weighted by Crippen LogP contribution is 2.28. The highest BCUT2D eigenvalue weighted by molar-refractivity contribution is 5.96. The molecule has 0 aliphatic carbocycles. The molecule has 0 unspecified atom stereocenters. The second-order valence-electron chi connectivity index (χ2n) is 3.36. The van der Waals surface area contributed by atoms with E-state index in [0.717, 1.165) is 12.4 Å². The highest BCUT2D eigenvalue weighted by atomic mass is 19.4. The summed E-state index contributed by atoms with van der Waals surface area (Å²) in [6.07, 6.45) is -0.133. The summed E-state index contributed by atoms with van der Waals surface area (Å²) in [6.45, 7) is 3.55. The largest absolute Gasteiger partial charge is 0.481 e. The van der Waals surface area contributed by atoms with Crippen molar-refractivity contribution in [1.29, 1.82) is 0 Å². The maximum absolute atomic E-state index is 12.4. The maximum Gasteiger partial charge on any atom is 0.419 e. The number of aromatic nitrogens is 2. The number of methoxy groups -OCH3 is 1. The molecule has 1 heterocycles. The van der Waals surface area contributed by atoms with Crippen molar-refractivity contribution in [2.45, 2.75) is 6.18 Å². The van der Waals surface area contributed by atoms with E-state index in [1.54, 1.807) is 0 Å². The van der Waals surface area contributed by atoms with Gasteiger partial charge in [-0.05, 0) is 0 Å². The van der Waals surface area contributed by atoms with Gasteiger partial charge < -0.3 is 4.74 Å². The van der Waals surface area contributed by atoms with E-state index >= 15 is 0 Å². The van der Waals surface area contributed by atoms with Gasteiger partial charge in [0.05, 0.1) is 12.7 Å². The molecule has 7 heteroatoms. The fraction of sp³-hybridized carbons (Fsp3) is 0.250. The van der Waals surface area contributed by atoms with E-state index in [0.29, 0.717) is 11.5 Å². The van der Waals surface area contributed by atoms with E-state index in [1.165, 1.54) is 26.3 Å². The molecule has 0 fully saturated rings. The van der Waals surface area contributed by atoms with Gasteiger partial charge in [-0.15, -0.1) is 0 Å². The van der Waals surface area contributed by atoms with Crippen molar-refractivity contribution in [2.75, 3.05) is 14.2 Å². The molecular formula is C12H12F3N3O. The molecule has 0 amide bonds. The van der Waals surface area contributed by atoms with Crippen LogP contribution in [0.3, 0.4) is 0 Å². The molecule has 0 N–H and O–H groups in total. The molecule has 0 radical (unpaired) electrons. The minimum absolute atomic E-state index is 0.112. The molecule has 0 spiro atoms. The first-order valence-electron chi connectivity index (χ1n) is 5.17. The minimum atomic E-state index is -4.46. The summed E-state index contributed by atoms with van der Waals surface area (Å²) < 4.78 is 42.0. The van der Waals surface area contributed by atoms with E-state index in [4.69, 9.17) is 4.74 Å². The Kier molecular flexibility index (Phi) is 4.80. The van der Waals surface area contributed by atoms with Gasteiger partial charge in [-0.3, -0.25) is 4.99 Å². The number of hydrogen-bond acceptors (Lipinski definition) is 4. The number of ether oxygens (including phenoxy) is 1. The molecule has 0 aliphatic rings. The van der Waals surface area contributed by atoms with Crippen LogP contribution < -0.4 is 0 Å². The van der Waals surface area contributed by atoms with Crippen molar-refractivity contribution in [2.24, 2.45) is 4.99 Å². The first kappa shape index (κ1) is 14.9. The number of aliphatic imine (C=N–C) groups is 1. The number of hydrogen-bond donors (Lipinski definition) is 0. The standard InChI is InChI=1S/C12H12F3N3O/c1-4-8(5-10(16-2)19-3)11-17-6-9(7-18-11)12(13,14)15/h4-7H,1H2,2-3H3/b8-5+,16-10+. The third kappa shape index (κ3) is 3.90. The average Bonchev–Trinajstić information content (AvgIpc) is 2.39. The Labute approximate surface area is 108 Å². The number of halogens is 3. The Hall–Kier alpha value is -2.18. The van der Waals surface area contributed by atoms with Crippen molar-refractivity contribution in [3.8, 4) is 0 Å². The predicted molar refractivity (Wildman–Crippen MR) is 65.6 cm³/mol. The molecule has 0 aliphatic heterocycles. The van der Waals surface area contributed by atoms with Crippen LogP contribution in [-0.2, 0) is 10.9 Å². The Morgan fingerprint density at radius 1 is 1.37 bits per heavy atom. The third-order valence-corrected chi connectivity index (χ3v) is 2.17. The van der Waals surface area contributed by atoms with E-state index in [-0.39, 0.29) is 5.82 Å². The molecule has 0 aromatic carbocycles. The summed E-state index contributed by atoms with van der Waals surface area (Å²) in [7, 11) is 2.94. The van der Waals surface area contributed by atoms with Gasteiger partial charge in [0.25, 0.3) is 0 Å². The summed E-state index contributed by atoms with van der Waals surface area (Å²) in [5.41, 5.74) is -0.494. The van der Waals surface area contributed by atoms with Crippen molar-refractivity contribution in [1.82, 2.24) is 9.97 Å². The van der Waals surface area contributed by atoms with Gasteiger partial charge in [0, 0.05) is 31.1 Å². The smallest absolute Gasteiger partial charge is 0.419 e. The first-order valence-corrected chi connectivity index (χ1v) is 5.17. The lowest BCUT2D eigenvalue weighted by Gasteiger charge is -2.06. The molecule has 4 nitrogen and oxygen atoms in total. The van der Waals surface area contributed by atoms with Crippen LogP contribution in [-0.4, -0.2) is 30.0 Å². The normalized spacial score (nSPS) is 13.3. The topological polar surface area (TPSA) is 47.4 Å². The van der Waals surface area contributed by atoms with E-state index in [2.05, 4.69) is 21.5 Å². The number of nitrogens with zero attached hydrogens (tertiary/aromatic N) is 3. The van der Waals surface area contributed by atoms with Crippen LogP contribution >= 0.6 is 0 Å². The molecular weight excluding hydrogens is 259 g/mol. The van der Waals surface area contributed by atoms with Gasteiger partial charge >= 0.3 is 6.18 Å². The average molecular weight is 271 g/mol. The fourth-order valence-corrected chi connectivity index (χ4v) is 1.19. The van der Waals surface area contributed by atoms with Crippen molar-refractivity contribution >= 4 is 11.5 Å². The summed E-state index contributed by atoms with van der Waals surface area (Å²) in [5, 5.41) is 0. The minimum Gasteiger partial charge on any atom is -0.481 e. The number of rotatable bonds is 3. The zero-order valence-corrected chi connectivity index (χ0v) is 10.4. The Bertz CT molecular complexity index is 504. The maximum atomic E-state index is 12.4. The van der Waals surface area contributed by atoms with Crippen LogP contribution in [0, 0.1) is 0 Å². The highest BCUT2D eigenvalue weighted by Gasteiger charge is 2.31. The molecule has 1 aromatic rings. The van der Waals surface area contributed by atoms with E-state index in [1.807, 2.05) is 0 Å². The number of alkyl halides is 3. The first-order chi connectivity index (χ1) is 8.92. The van der Waals surface area contributed by atoms with E-state index in [9.17, 15) is 13.2 Å². The summed E-state index contributed by atoms with van der Waals surface area (Å²) in [6, 6.07) is 0. The molecule has 0 bridgehead atoms. The molecule has 0 saturated heterocycles. The van der Waals surface area contributed by atoms with Gasteiger partial charge in [0.2, 0.25) is 5.90 Å². The molecule has 0 saturated carbocycles. The lowest BCUT2D eigenvalue weighted by Crippen LogP contribution is -2.07. The van der Waals surface area contributed by atoms with E-state index < -0.39 is 11.7 Å². The SMILES string of the molecule is C=C/C(=C\C(=N/C)OC)c1ncc(C(F)(F)F)cn1. The van der Waals surface area contributed by atoms with Gasteiger partial charge in [-0.25, -0.2) is 9.97 Å². The Morgan fingerprint density at radius 3 is 2.32 bits per heavy atom. The van der Waals surface area contributed by atoms with Crippen LogP contribution in [0.1, 0.15) is 11.4 Å². The predicted octanol–water partition coefficient (Wildman–Crippen LogP) is 2.74. The van der Waals surface area contributed by atoms with Crippen LogP contribution in [0.15, 0.2) is 36.1 Å². The fourth-order valence-electron chi connectivity index (χ4n) is 1.19. The molecule has 19 heavy (non-hydrogen) atoms. The lowest BCUT2D eigenvalue weighted by molar-refractivity contribution is -0.138. The van der Waals surface area contributed by atoms with Crippen molar-refractivity contribution in [3.05, 3.63) is 42.5 Å². The number of allylic oxidation sites excluding steroid dienone is 2. The Morgan fingerprint density at radius 2 is 1.95 bits per heavy atom. The Balaban J connectivity index is 3.11. The third-order valence-electron chi connectivity index (χ3n) is 2.17. The van der Waals surface area contributed by atoms with Crippen LogP contribution in [0.2, 0.25) is 0 Å². The quantitative estimate of drug-likeness (QED) is 0.482. The zero-order chi connectivity index (χ0) is 14.5.